The van der Waals surface area contributed by atoms with Gasteiger partial charge >= 0.3 is 0 Å². The van der Waals surface area contributed by atoms with E-state index in [0.717, 1.165) is 0 Å². The van der Waals surface area contributed by atoms with Gasteiger partial charge in [0.25, 0.3) is 5.91 Å². The lowest BCUT2D eigenvalue weighted by molar-refractivity contribution is 0.102. The normalized spacial score (nSPS) is 10.2. The Morgan fingerprint density at radius 3 is 2.60 bits per heavy atom. The third-order valence-electron chi connectivity index (χ3n) is 3.47. The topological polar surface area (TPSA) is 63.2 Å². The molecule has 1 aromatic heterocycles. The Labute approximate surface area is 144 Å². The first kappa shape index (κ1) is 16.4. The molecule has 1 heterocycles. The Morgan fingerprint density at radius 1 is 1.04 bits per heavy atom. The second-order valence-electron chi connectivity index (χ2n) is 5.22. The van der Waals surface area contributed by atoms with Gasteiger partial charge in [-0.15, -0.1) is 0 Å². The van der Waals surface area contributed by atoms with Crippen LogP contribution in [0.15, 0.2) is 66.9 Å². The Bertz CT molecular complexity index is 882. The maximum absolute atomic E-state index is 13.2. The van der Waals surface area contributed by atoms with E-state index in [9.17, 15) is 9.18 Å². The van der Waals surface area contributed by atoms with Crippen molar-refractivity contribution in [3.8, 4) is 5.75 Å². The van der Waals surface area contributed by atoms with E-state index in [1.54, 1.807) is 54.7 Å². The fourth-order valence-electron chi connectivity index (χ4n) is 2.29. The first-order valence-electron chi connectivity index (χ1n) is 7.59. The van der Waals surface area contributed by atoms with Crippen molar-refractivity contribution in [2.24, 2.45) is 0 Å². The standard InChI is InChI=1S/C19H16FN3O2/c1-25-17-8-3-2-7-16(17)19(24)23-18-10-9-15(12-21-18)22-14-6-4-5-13(20)11-14/h2-12,22H,1H3,(H,21,23,24). The third-order valence-corrected chi connectivity index (χ3v) is 3.47. The minimum atomic E-state index is -0.321. The van der Waals surface area contributed by atoms with E-state index in [1.165, 1.54) is 19.2 Å². The smallest absolute Gasteiger partial charge is 0.260 e. The third kappa shape index (κ3) is 4.11. The summed E-state index contributed by atoms with van der Waals surface area (Å²) in [7, 11) is 1.51. The molecule has 0 bridgehead atoms. The Balaban J connectivity index is 1.69. The predicted molar refractivity (Wildman–Crippen MR) is 94.9 cm³/mol. The Morgan fingerprint density at radius 2 is 1.88 bits per heavy atom. The highest BCUT2D eigenvalue weighted by Crippen LogP contribution is 2.20. The summed E-state index contributed by atoms with van der Waals surface area (Å²) < 4.78 is 18.4. The summed E-state index contributed by atoms with van der Waals surface area (Å²) in [6, 6.07) is 16.5. The van der Waals surface area contributed by atoms with Gasteiger partial charge in [-0.2, -0.15) is 0 Å². The number of hydrogen-bond donors (Lipinski definition) is 2. The van der Waals surface area contributed by atoms with Crippen molar-refractivity contribution in [3.05, 3.63) is 78.2 Å². The second kappa shape index (κ2) is 7.44. The number of nitrogens with zero attached hydrogens (tertiary/aromatic N) is 1. The lowest BCUT2D eigenvalue weighted by atomic mass is 10.2. The number of pyridine rings is 1. The second-order valence-corrected chi connectivity index (χ2v) is 5.22. The average molecular weight is 337 g/mol. The van der Waals surface area contributed by atoms with Gasteiger partial charge in [-0.3, -0.25) is 4.79 Å². The molecule has 3 rings (SSSR count). The SMILES string of the molecule is COc1ccccc1C(=O)Nc1ccc(Nc2cccc(F)c2)cn1. The lowest BCUT2D eigenvalue weighted by Gasteiger charge is -2.10. The van der Waals surface area contributed by atoms with Crippen molar-refractivity contribution in [1.82, 2.24) is 4.98 Å². The monoisotopic (exact) mass is 337 g/mol. The zero-order valence-electron chi connectivity index (χ0n) is 13.5. The van der Waals surface area contributed by atoms with Gasteiger partial charge in [-0.1, -0.05) is 18.2 Å². The maximum Gasteiger partial charge on any atom is 0.260 e. The van der Waals surface area contributed by atoms with Crippen molar-refractivity contribution in [2.45, 2.75) is 0 Å². The number of para-hydroxylation sites is 1. The molecular weight excluding hydrogens is 321 g/mol. The van der Waals surface area contributed by atoms with Crippen LogP contribution >= 0.6 is 0 Å². The number of aromatic nitrogens is 1. The molecule has 0 aliphatic heterocycles. The maximum atomic E-state index is 13.2. The predicted octanol–water partition coefficient (Wildman–Crippen LogP) is 4.23. The molecule has 0 aliphatic rings. The highest BCUT2D eigenvalue weighted by molar-refractivity contribution is 6.05. The van der Waals surface area contributed by atoms with Crippen molar-refractivity contribution in [1.29, 1.82) is 0 Å². The summed E-state index contributed by atoms with van der Waals surface area (Å²) >= 11 is 0. The molecule has 0 saturated carbocycles. The fraction of sp³-hybridized carbons (Fsp3) is 0.0526. The summed E-state index contributed by atoms with van der Waals surface area (Å²) in [5, 5.41) is 5.76. The summed E-state index contributed by atoms with van der Waals surface area (Å²) in [6.07, 6.45) is 1.56. The number of hydrogen-bond acceptors (Lipinski definition) is 4. The molecular formula is C19H16FN3O2. The summed E-state index contributed by atoms with van der Waals surface area (Å²) in [4.78, 5) is 16.5. The largest absolute Gasteiger partial charge is 0.496 e. The lowest BCUT2D eigenvalue weighted by Crippen LogP contribution is -2.14. The summed E-state index contributed by atoms with van der Waals surface area (Å²) in [5.74, 6) is 0.263. The first-order chi connectivity index (χ1) is 12.2. The Kier molecular flexibility index (Phi) is 4.89. The minimum absolute atomic E-state index is 0.309. The Hall–Kier alpha value is -3.41. The molecule has 0 fully saturated rings. The van der Waals surface area contributed by atoms with Crippen molar-refractivity contribution in [3.63, 3.8) is 0 Å². The number of nitrogens with one attached hydrogen (secondary N) is 2. The number of carbonyl (C=O) groups excluding carboxylic acids is 1. The average Bonchev–Trinajstić information content (AvgIpc) is 2.63. The highest BCUT2D eigenvalue weighted by Gasteiger charge is 2.12. The van der Waals surface area contributed by atoms with Crippen LogP contribution < -0.4 is 15.4 Å². The van der Waals surface area contributed by atoms with E-state index in [2.05, 4.69) is 15.6 Å². The number of amides is 1. The number of methoxy groups -OCH3 is 1. The van der Waals surface area contributed by atoms with Crippen LogP contribution in [-0.4, -0.2) is 18.0 Å². The molecule has 6 heteroatoms. The number of carbonyl (C=O) groups is 1. The zero-order valence-corrected chi connectivity index (χ0v) is 13.5. The number of rotatable bonds is 5. The van der Waals surface area contributed by atoms with Crippen molar-refractivity contribution < 1.29 is 13.9 Å². The number of halogens is 1. The van der Waals surface area contributed by atoms with E-state index in [-0.39, 0.29) is 11.7 Å². The molecule has 0 atom stereocenters. The van der Waals surface area contributed by atoms with Gasteiger partial charge in [0.05, 0.1) is 24.6 Å². The van der Waals surface area contributed by atoms with E-state index in [0.29, 0.717) is 28.5 Å². The molecule has 0 spiro atoms. The van der Waals surface area contributed by atoms with Gasteiger partial charge in [0.1, 0.15) is 17.4 Å². The number of benzene rings is 2. The molecule has 5 nitrogen and oxygen atoms in total. The van der Waals surface area contributed by atoms with Gasteiger partial charge in [-0.25, -0.2) is 9.37 Å². The van der Waals surface area contributed by atoms with Crippen LogP contribution in [0.4, 0.5) is 21.6 Å². The van der Waals surface area contributed by atoms with Crippen LogP contribution in [-0.2, 0) is 0 Å². The van der Waals surface area contributed by atoms with Gasteiger partial charge in [-0.05, 0) is 42.5 Å². The molecule has 0 saturated heterocycles. The van der Waals surface area contributed by atoms with Gasteiger partial charge < -0.3 is 15.4 Å². The summed E-state index contributed by atoms with van der Waals surface area (Å²) in [5.41, 5.74) is 1.72. The fourth-order valence-corrected chi connectivity index (χ4v) is 2.29. The molecule has 0 unspecified atom stereocenters. The van der Waals surface area contributed by atoms with Crippen LogP contribution in [0.3, 0.4) is 0 Å². The number of anilines is 3. The highest BCUT2D eigenvalue weighted by atomic mass is 19.1. The molecule has 0 aliphatic carbocycles. The first-order valence-corrected chi connectivity index (χ1v) is 7.59. The number of ether oxygens (including phenoxy) is 1. The molecule has 2 aromatic carbocycles. The molecule has 2 N–H and O–H groups in total. The quantitative estimate of drug-likeness (QED) is 0.731. The van der Waals surface area contributed by atoms with Crippen molar-refractivity contribution in [2.75, 3.05) is 17.7 Å². The molecule has 1 amide bonds. The van der Waals surface area contributed by atoms with Crippen LogP contribution in [0.5, 0.6) is 5.75 Å². The van der Waals surface area contributed by atoms with Crippen LogP contribution in [0, 0.1) is 5.82 Å². The van der Waals surface area contributed by atoms with E-state index < -0.39 is 0 Å². The van der Waals surface area contributed by atoms with Crippen LogP contribution in [0.2, 0.25) is 0 Å². The zero-order chi connectivity index (χ0) is 17.6. The molecule has 0 radical (unpaired) electrons. The van der Waals surface area contributed by atoms with Gasteiger partial charge in [0.2, 0.25) is 0 Å². The van der Waals surface area contributed by atoms with Crippen molar-refractivity contribution >= 4 is 23.1 Å². The van der Waals surface area contributed by atoms with E-state index >= 15 is 0 Å². The van der Waals surface area contributed by atoms with Crippen LogP contribution in [0.1, 0.15) is 10.4 Å². The van der Waals surface area contributed by atoms with Gasteiger partial charge in [0, 0.05) is 5.69 Å². The molecule has 126 valence electrons. The van der Waals surface area contributed by atoms with Gasteiger partial charge in [0.15, 0.2) is 0 Å². The minimum Gasteiger partial charge on any atom is -0.496 e. The molecule has 25 heavy (non-hydrogen) atoms. The van der Waals surface area contributed by atoms with E-state index in [4.69, 9.17) is 4.74 Å². The summed E-state index contributed by atoms with van der Waals surface area (Å²) in [6.45, 7) is 0. The van der Waals surface area contributed by atoms with Crippen LogP contribution in [0.25, 0.3) is 0 Å². The molecule has 3 aromatic rings. The van der Waals surface area contributed by atoms with E-state index in [1.807, 2.05) is 0 Å².